The molecule has 2 rings (SSSR count). The second-order valence-corrected chi connectivity index (χ2v) is 4.99. The summed E-state index contributed by atoms with van der Waals surface area (Å²) in [5.74, 6) is -0.119. The third-order valence-corrected chi connectivity index (χ3v) is 3.34. The molecule has 0 atom stereocenters. The molecule has 3 N–H and O–H groups in total. The predicted molar refractivity (Wildman–Crippen MR) is 101 cm³/mol. The van der Waals surface area contributed by atoms with Crippen molar-refractivity contribution in [2.24, 2.45) is 4.99 Å². The Labute approximate surface area is 157 Å². The summed E-state index contributed by atoms with van der Waals surface area (Å²) in [7, 11) is 1.64. The summed E-state index contributed by atoms with van der Waals surface area (Å²) in [5.41, 5.74) is 2.03. The van der Waals surface area contributed by atoms with Crippen molar-refractivity contribution in [2.45, 2.75) is 19.7 Å². The van der Waals surface area contributed by atoms with Crippen molar-refractivity contribution >= 4 is 29.9 Å². The average Bonchev–Trinajstić information content (AvgIpc) is 2.57. The first-order chi connectivity index (χ1) is 11.1. The minimum absolute atomic E-state index is 0. The maximum absolute atomic E-state index is 13.3. The number of guanidine groups is 1. The van der Waals surface area contributed by atoms with Gasteiger partial charge in [-0.25, -0.2) is 8.78 Å². The third-order valence-electron chi connectivity index (χ3n) is 3.34. The van der Waals surface area contributed by atoms with E-state index in [0.717, 1.165) is 11.1 Å². The Morgan fingerprint density at radius 1 is 1.00 bits per heavy atom. The third kappa shape index (κ3) is 6.04. The van der Waals surface area contributed by atoms with Gasteiger partial charge in [-0.05, 0) is 35.4 Å². The standard InChI is InChI=1S/C17H19F2N3O.HI/c1-20-17(21-9-12-2-5-15(18)6-3-12)22-10-13-4-7-16(19)14(8-13)11-23;/h2-8,23H,9-11H2,1H3,(H2,20,21,22);1H. The topological polar surface area (TPSA) is 56.7 Å². The molecular formula is C17H20F2IN3O. The molecule has 7 heteroatoms. The normalized spacial score (nSPS) is 10.9. The van der Waals surface area contributed by atoms with Crippen LogP contribution >= 0.6 is 24.0 Å². The van der Waals surface area contributed by atoms with E-state index in [9.17, 15) is 8.78 Å². The largest absolute Gasteiger partial charge is 0.392 e. The van der Waals surface area contributed by atoms with E-state index >= 15 is 0 Å². The zero-order valence-electron chi connectivity index (χ0n) is 13.2. The Bertz CT molecular complexity index is 678. The smallest absolute Gasteiger partial charge is 0.191 e. The molecule has 0 heterocycles. The Balaban J connectivity index is 0.00000288. The molecule has 2 aromatic rings. The summed E-state index contributed by atoms with van der Waals surface area (Å²) < 4.78 is 26.2. The number of nitrogens with one attached hydrogen (secondary N) is 2. The van der Waals surface area contributed by atoms with E-state index in [0.29, 0.717) is 19.0 Å². The highest BCUT2D eigenvalue weighted by molar-refractivity contribution is 14.0. The van der Waals surface area contributed by atoms with Gasteiger partial charge in [0.25, 0.3) is 0 Å². The van der Waals surface area contributed by atoms with E-state index < -0.39 is 5.82 Å². The molecule has 0 amide bonds. The number of aliphatic hydroxyl groups excluding tert-OH is 1. The summed E-state index contributed by atoms with van der Waals surface area (Å²) in [6.07, 6.45) is 0. The Kier molecular flexibility index (Phi) is 8.62. The molecule has 0 saturated carbocycles. The molecule has 0 unspecified atom stereocenters. The fourth-order valence-electron chi connectivity index (χ4n) is 2.05. The van der Waals surface area contributed by atoms with Gasteiger partial charge in [-0.3, -0.25) is 4.99 Å². The van der Waals surface area contributed by atoms with Crippen LogP contribution in [0.15, 0.2) is 47.5 Å². The molecule has 130 valence electrons. The van der Waals surface area contributed by atoms with Crippen LogP contribution in [0.2, 0.25) is 0 Å². The summed E-state index contributed by atoms with van der Waals surface area (Å²) >= 11 is 0. The molecule has 4 nitrogen and oxygen atoms in total. The highest BCUT2D eigenvalue weighted by atomic mass is 127. The summed E-state index contributed by atoms with van der Waals surface area (Å²) in [4.78, 5) is 4.09. The van der Waals surface area contributed by atoms with Crippen LogP contribution in [0.3, 0.4) is 0 Å². The van der Waals surface area contributed by atoms with Crippen LogP contribution in [-0.2, 0) is 19.7 Å². The van der Waals surface area contributed by atoms with Gasteiger partial charge >= 0.3 is 0 Å². The zero-order valence-corrected chi connectivity index (χ0v) is 15.6. The second-order valence-electron chi connectivity index (χ2n) is 4.99. The van der Waals surface area contributed by atoms with Crippen molar-refractivity contribution in [3.05, 3.63) is 70.8 Å². The molecule has 0 aliphatic rings. The minimum Gasteiger partial charge on any atom is -0.392 e. The SMILES string of the molecule is CN=C(NCc1ccc(F)cc1)NCc1ccc(F)c(CO)c1.I. The van der Waals surface area contributed by atoms with Crippen molar-refractivity contribution in [2.75, 3.05) is 7.05 Å². The van der Waals surface area contributed by atoms with Gasteiger partial charge in [0.2, 0.25) is 0 Å². The Hall–Kier alpha value is -1.74. The fraction of sp³-hybridized carbons (Fsp3) is 0.235. The van der Waals surface area contributed by atoms with E-state index in [2.05, 4.69) is 15.6 Å². The molecule has 24 heavy (non-hydrogen) atoms. The number of aliphatic hydroxyl groups is 1. The molecule has 0 aliphatic carbocycles. The first-order valence-electron chi connectivity index (χ1n) is 7.19. The van der Waals surface area contributed by atoms with E-state index in [1.54, 1.807) is 31.3 Å². The molecule has 0 saturated heterocycles. The zero-order chi connectivity index (χ0) is 16.7. The number of halogens is 3. The van der Waals surface area contributed by atoms with Gasteiger partial charge in [0, 0.05) is 25.7 Å². The Morgan fingerprint density at radius 3 is 2.17 bits per heavy atom. The highest BCUT2D eigenvalue weighted by Crippen LogP contribution is 2.10. The number of hydrogen-bond acceptors (Lipinski definition) is 2. The summed E-state index contributed by atoms with van der Waals surface area (Å²) in [6, 6.07) is 10.8. The lowest BCUT2D eigenvalue weighted by Crippen LogP contribution is -2.36. The van der Waals surface area contributed by atoms with Crippen LogP contribution in [0, 0.1) is 11.6 Å². The molecule has 0 aromatic heterocycles. The number of benzene rings is 2. The van der Waals surface area contributed by atoms with Crippen molar-refractivity contribution in [3.63, 3.8) is 0 Å². The number of aliphatic imine (C=N–C) groups is 1. The maximum atomic E-state index is 13.3. The highest BCUT2D eigenvalue weighted by Gasteiger charge is 2.04. The summed E-state index contributed by atoms with van der Waals surface area (Å²) in [5, 5.41) is 15.3. The summed E-state index contributed by atoms with van der Waals surface area (Å²) in [6.45, 7) is 0.610. The lowest BCUT2D eigenvalue weighted by molar-refractivity contribution is 0.275. The second kappa shape index (κ2) is 10.2. The fourth-order valence-corrected chi connectivity index (χ4v) is 2.05. The van der Waals surface area contributed by atoms with Gasteiger partial charge in [-0.15, -0.1) is 24.0 Å². The first kappa shape index (κ1) is 20.3. The molecular weight excluding hydrogens is 427 g/mol. The average molecular weight is 447 g/mol. The van der Waals surface area contributed by atoms with E-state index in [4.69, 9.17) is 5.11 Å². The van der Waals surface area contributed by atoms with Crippen molar-refractivity contribution < 1.29 is 13.9 Å². The molecule has 0 bridgehead atoms. The van der Waals surface area contributed by atoms with Gasteiger partial charge < -0.3 is 15.7 Å². The van der Waals surface area contributed by atoms with Crippen molar-refractivity contribution in [1.82, 2.24) is 10.6 Å². The van der Waals surface area contributed by atoms with Crippen LogP contribution in [-0.4, -0.2) is 18.1 Å². The lowest BCUT2D eigenvalue weighted by Gasteiger charge is -2.12. The lowest BCUT2D eigenvalue weighted by atomic mass is 10.1. The molecule has 0 aliphatic heterocycles. The predicted octanol–water partition coefficient (Wildman–Crippen LogP) is 2.94. The Morgan fingerprint density at radius 2 is 1.58 bits per heavy atom. The van der Waals surface area contributed by atoms with Gasteiger partial charge in [0.15, 0.2) is 5.96 Å². The van der Waals surface area contributed by atoms with Gasteiger partial charge in [0.1, 0.15) is 11.6 Å². The van der Waals surface area contributed by atoms with E-state index in [1.165, 1.54) is 18.2 Å². The quantitative estimate of drug-likeness (QED) is 0.376. The maximum Gasteiger partial charge on any atom is 0.191 e. The van der Waals surface area contributed by atoms with Crippen LogP contribution in [0.25, 0.3) is 0 Å². The molecule has 0 fully saturated rings. The number of hydrogen-bond donors (Lipinski definition) is 3. The number of rotatable bonds is 5. The van der Waals surface area contributed by atoms with Gasteiger partial charge in [-0.2, -0.15) is 0 Å². The van der Waals surface area contributed by atoms with Crippen molar-refractivity contribution in [1.29, 1.82) is 0 Å². The van der Waals surface area contributed by atoms with E-state index in [1.807, 2.05) is 0 Å². The molecule has 0 spiro atoms. The van der Waals surface area contributed by atoms with Crippen LogP contribution in [0.4, 0.5) is 8.78 Å². The van der Waals surface area contributed by atoms with Crippen molar-refractivity contribution in [3.8, 4) is 0 Å². The van der Waals surface area contributed by atoms with Crippen LogP contribution in [0.5, 0.6) is 0 Å². The molecule has 2 aromatic carbocycles. The van der Waals surface area contributed by atoms with E-state index in [-0.39, 0.29) is 42.0 Å². The first-order valence-corrected chi connectivity index (χ1v) is 7.19. The van der Waals surface area contributed by atoms with Crippen LogP contribution < -0.4 is 10.6 Å². The van der Waals surface area contributed by atoms with Crippen LogP contribution in [0.1, 0.15) is 16.7 Å². The number of nitrogens with zero attached hydrogens (tertiary/aromatic N) is 1. The van der Waals surface area contributed by atoms with Gasteiger partial charge in [0.05, 0.1) is 6.61 Å². The van der Waals surface area contributed by atoms with Gasteiger partial charge in [-0.1, -0.05) is 18.2 Å². The monoisotopic (exact) mass is 447 g/mol. The molecule has 0 radical (unpaired) electrons. The minimum atomic E-state index is -0.421.